The topological polar surface area (TPSA) is 40.5 Å². The fourth-order valence-corrected chi connectivity index (χ4v) is 2.75. The lowest BCUT2D eigenvalue weighted by Crippen LogP contribution is -2.38. The second-order valence-electron chi connectivity index (χ2n) is 5.34. The first-order valence-corrected chi connectivity index (χ1v) is 7.12. The van der Waals surface area contributed by atoms with Gasteiger partial charge in [0, 0.05) is 5.41 Å². The zero-order valence-electron chi connectivity index (χ0n) is 11.8. The Hall–Kier alpha value is -1.42. The molecule has 0 saturated heterocycles. The van der Waals surface area contributed by atoms with Crippen LogP contribution >= 0.6 is 11.6 Å². The number of halogens is 2. The van der Waals surface area contributed by atoms with Crippen LogP contribution in [0.25, 0.3) is 0 Å². The van der Waals surface area contributed by atoms with Crippen LogP contribution in [0, 0.1) is 12.7 Å². The van der Waals surface area contributed by atoms with E-state index in [0.29, 0.717) is 12.0 Å². The minimum absolute atomic E-state index is 0.0632. The zero-order valence-corrected chi connectivity index (χ0v) is 12.6. The molecule has 0 amide bonds. The molecule has 0 aliphatic carbocycles. The number of aliphatic hydroxyl groups is 2. The van der Waals surface area contributed by atoms with Crippen molar-refractivity contribution in [3.63, 3.8) is 0 Å². The molecule has 2 aromatic carbocycles. The first-order valence-electron chi connectivity index (χ1n) is 6.74. The maximum Gasteiger partial charge on any atom is 0.142 e. The number of benzene rings is 2. The molecule has 0 heterocycles. The molecule has 0 atom stereocenters. The predicted molar refractivity (Wildman–Crippen MR) is 82.1 cm³/mol. The maximum atomic E-state index is 13.6. The predicted octanol–water partition coefficient (Wildman–Crippen LogP) is 3.25. The quantitative estimate of drug-likeness (QED) is 0.890. The molecular weight excluding hydrogens is 291 g/mol. The number of aryl methyl sites for hydroxylation is 1. The summed E-state index contributed by atoms with van der Waals surface area (Å²) in [5.74, 6) is -0.497. The van der Waals surface area contributed by atoms with Crippen LogP contribution in [0.1, 0.15) is 16.7 Å². The highest BCUT2D eigenvalue weighted by molar-refractivity contribution is 6.30. The van der Waals surface area contributed by atoms with E-state index < -0.39 is 11.2 Å². The average Bonchev–Trinajstić information content (AvgIpc) is 2.49. The van der Waals surface area contributed by atoms with E-state index in [1.54, 1.807) is 6.07 Å². The molecular formula is C17H18ClFO2. The minimum Gasteiger partial charge on any atom is -0.395 e. The normalized spacial score (nSPS) is 11.7. The van der Waals surface area contributed by atoms with Gasteiger partial charge in [0.05, 0.1) is 18.2 Å². The van der Waals surface area contributed by atoms with Gasteiger partial charge in [-0.25, -0.2) is 4.39 Å². The number of hydrogen-bond donors (Lipinski definition) is 2. The number of hydrogen-bond acceptors (Lipinski definition) is 2. The van der Waals surface area contributed by atoms with E-state index in [2.05, 4.69) is 0 Å². The van der Waals surface area contributed by atoms with Crippen molar-refractivity contribution >= 4 is 11.6 Å². The van der Waals surface area contributed by atoms with Crippen molar-refractivity contribution < 1.29 is 14.6 Å². The minimum atomic E-state index is -0.842. The molecule has 2 rings (SSSR count). The van der Waals surface area contributed by atoms with Crippen LogP contribution in [-0.2, 0) is 11.8 Å². The van der Waals surface area contributed by atoms with E-state index in [-0.39, 0.29) is 18.2 Å². The highest BCUT2D eigenvalue weighted by Gasteiger charge is 2.32. The summed E-state index contributed by atoms with van der Waals surface area (Å²) in [4.78, 5) is 0. The summed E-state index contributed by atoms with van der Waals surface area (Å²) in [6, 6.07) is 12.1. The molecule has 2 aromatic rings. The lowest BCUT2D eigenvalue weighted by molar-refractivity contribution is 0.115. The Kier molecular flexibility index (Phi) is 4.99. The van der Waals surface area contributed by atoms with Gasteiger partial charge in [-0.1, -0.05) is 41.9 Å². The second kappa shape index (κ2) is 6.56. The van der Waals surface area contributed by atoms with Crippen LogP contribution in [-0.4, -0.2) is 23.4 Å². The van der Waals surface area contributed by atoms with Crippen molar-refractivity contribution in [3.8, 4) is 0 Å². The summed E-state index contributed by atoms with van der Waals surface area (Å²) in [7, 11) is 0. The molecule has 0 bridgehead atoms. The van der Waals surface area contributed by atoms with Gasteiger partial charge in [-0.15, -0.1) is 0 Å². The Morgan fingerprint density at radius 1 is 1.10 bits per heavy atom. The molecule has 0 saturated carbocycles. The third kappa shape index (κ3) is 3.26. The Morgan fingerprint density at radius 2 is 1.76 bits per heavy atom. The van der Waals surface area contributed by atoms with Gasteiger partial charge in [-0.3, -0.25) is 0 Å². The van der Waals surface area contributed by atoms with Gasteiger partial charge < -0.3 is 10.2 Å². The Labute approximate surface area is 128 Å². The van der Waals surface area contributed by atoms with Gasteiger partial charge in [-0.2, -0.15) is 0 Å². The molecule has 0 spiro atoms. The smallest absolute Gasteiger partial charge is 0.142 e. The summed E-state index contributed by atoms with van der Waals surface area (Å²) in [6.45, 7) is 1.48. The summed E-state index contributed by atoms with van der Waals surface area (Å²) in [5.41, 5.74) is 1.69. The monoisotopic (exact) mass is 308 g/mol. The largest absolute Gasteiger partial charge is 0.395 e. The summed E-state index contributed by atoms with van der Waals surface area (Å²) in [5, 5.41) is 19.8. The molecule has 0 radical (unpaired) electrons. The third-order valence-electron chi connectivity index (χ3n) is 3.85. The van der Waals surface area contributed by atoms with E-state index in [9.17, 15) is 14.6 Å². The lowest BCUT2D eigenvalue weighted by atomic mass is 9.75. The average molecular weight is 309 g/mol. The lowest BCUT2D eigenvalue weighted by Gasteiger charge is -2.32. The SMILES string of the molecule is Cc1ccccc1C(CO)(CO)Cc1ccc(Cl)c(F)c1. The molecule has 112 valence electrons. The molecule has 0 aliphatic heterocycles. The van der Waals surface area contributed by atoms with Crippen molar-refractivity contribution in [2.24, 2.45) is 0 Å². The Bertz CT molecular complexity index is 624. The van der Waals surface area contributed by atoms with Crippen molar-refractivity contribution in [2.45, 2.75) is 18.8 Å². The maximum absolute atomic E-state index is 13.6. The van der Waals surface area contributed by atoms with E-state index >= 15 is 0 Å². The highest BCUT2D eigenvalue weighted by Crippen LogP contribution is 2.31. The molecule has 21 heavy (non-hydrogen) atoms. The standard InChI is InChI=1S/C17H18ClFO2/c1-12-4-2-3-5-14(12)17(10-20,11-21)9-13-6-7-15(18)16(19)8-13/h2-8,20-21H,9-11H2,1H3. The number of rotatable bonds is 5. The first-order chi connectivity index (χ1) is 10.0. The molecule has 0 unspecified atom stereocenters. The van der Waals surface area contributed by atoms with Crippen LogP contribution in [0.3, 0.4) is 0 Å². The van der Waals surface area contributed by atoms with Gasteiger partial charge in [0.25, 0.3) is 0 Å². The fourth-order valence-electron chi connectivity index (χ4n) is 2.64. The fraction of sp³-hybridized carbons (Fsp3) is 0.294. The van der Waals surface area contributed by atoms with Crippen molar-refractivity contribution in [2.75, 3.05) is 13.2 Å². The zero-order chi connectivity index (χ0) is 15.5. The van der Waals surface area contributed by atoms with Gasteiger partial charge in [0.1, 0.15) is 5.82 Å². The van der Waals surface area contributed by atoms with E-state index in [4.69, 9.17) is 11.6 Å². The van der Waals surface area contributed by atoms with Crippen LogP contribution < -0.4 is 0 Å². The van der Waals surface area contributed by atoms with Crippen molar-refractivity contribution in [1.29, 1.82) is 0 Å². The van der Waals surface area contributed by atoms with E-state index in [0.717, 1.165) is 11.1 Å². The van der Waals surface area contributed by atoms with Crippen molar-refractivity contribution in [1.82, 2.24) is 0 Å². The highest BCUT2D eigenvalue weighted by atomic mass is 35.5. The molecule has 2 nitrogen and oxygen atoms in total. The molecule has 0 aromatic heterocycles. The van der Waals surface area contributed by atoms with Gasteiger partial charge >= 0.3 is 0 Å². The number of aliphatic hydroxyl groups excluding tert-OH is 2. The van der Waals surface area contributed by atoms with Crippen LogP contribution in [0.15, 0.2) is 42.5 Å². The van der Waals surface area contributed by atoms with Crippen LogP contribution in [0.5, 0.6) is 0 Å². The molecule has 0 aliphatic rings. The second-order valence-corrected chi connectivity index (χ2v) is 5.74. The van der Waals surface area contributed by atoms with Crippen LogP contribution in [0.2, 0.25) is 5.02 Å². The molecule has 4 heteroatoms. The molecule has 2 N–H and O–H groups in total. The van der Waals surface area contributed by atoms with E-state index in [1.165, 1.54) is 12.1 Å². The third-order valence-corrected chi connectivity index (χ3v) is 4.15. The van der Waals surface area contributed by atoms with Crippen molar-refractivity contribution in [3.05, 3.63) is 70.0 Å². The summed E-state index contributed by atoms with van der Waals surface area (Å²) >= 11 is 5.69. The van der Waals surface area contributed by atoms with Gasteiger partial charge in [-0.05, 0) is 42.2 Å². The van der Waals surface area contributed by atoms with Crippen LogP contribution in [0.4, 0.5) is 4.39 Å². The Morgan fingerprint density at radius 3 is 2.33 bits per heavy atom. The first kappa shape index (κ1) is 16.0. The van der Waals surface area contributed by atoms with E-state index in [1.807, 2.05) is 31.2 Å². The van der Waals surface area contributed by atoms with Gasteiger partial charge in [0.15, 0.2) is 0 Å². The summed E-state index contributed by atoms with van der Waals surface area (Å²) < 4.78 is 13.6. The summed E-state index contributed by atoms with van der Waals surface area (Å²) in [6.07, 6.45) is 0.332. The molecule has 0 fully saturated rings. The van der Waals surface area contributed by atoms with Gasteiger partial charge in [0.2, 0.25) is 0 Å². The Balaban J connectivity index is 2.43.